The molecule has 1 N–H and O–H groups in total. The summed E-state index contributed by atoms with van der Waals surface area (Å²) in [5, 5.41) is 3.77. The van der Waals surface area contributed by atoms with E-state index in [0.717, 1.165) is 16.9 Å². The summed E-state index contributed by atoms with van der Waals surface area (Å²) in [4.78, 5) is 16.7. The number of fused-ring (bicyclic) bond motifs is 1. The van der Waals surface area contributed by atoms with E-state index in [2.05, 4.69) is 14.9 Å². The van der Waals surface area contributed by atoms with Gasteiger partial charge in [-0.3, -0.25) is 4.79 Å². The lowest BCUT2D eigenvalue weighted by molar-refractivity contribution is 0.0952. The molecular formula is C17H15Cl2N3O. The van der Waals surface area contributed by atoms with Gasteiger partial charge >= 0.3 is 0 Å². The van der Waals surface area contributed by atoms with Crippen LogP contribution < -0.4 is 5.32 Å². The monoisotopic (exact) mass is 347 g/mol. The number of halogens is 2. The molecule has 0 atom stereocenters. The van der Waals surface area contributed by atoms with Gasteiger partial charge in [-0.1, -0.05) is 35.3 Å². The van der Waals surface area contributed by atoms with E-state index in [-0.39, 0.29) is 5.91 Å². The third kappa shape index (κ3) is 3.49. The molecule has 0 radical (unpaired) electrons. The van der Waals surface area contributed by atoms with Crippen LogP contribution in [0, 0.1) is 6.92 Å². The minimum atomic E-state index is -0.198. The van der Waals surface area contributed by atoms with Crippen LogP contribution in [0.25, 0.3) is 11.0 Å². The number of amides is 1. The summed E-state index contributed by atoms with van der Waals surface area (Å²) in [7, 11) is 0. The zero-order chi connectivity index (χ0) is 16.4. The average Bonchev–Trinajstić information content (AvgIpc) is 2.82. The fraction of sp³-hybridized carbons (Fsp3) is 0.176. The zero-order valence-corrected chi connectivity index (χ0v) is 14.0. The molecule has 0 fully saturated rings. The number of nitrogens with zero attached hydrogens (tertiary/aromatic N) is 2. The number of para-hydroxylation sites is 2. The molecule has 0 aliphatic carbocycles. The summed E-state index contributed by atoms with van der Waals surface area (Å²) in [5.41, 5.74) is 2.47. The molecule has 1 aromatic heterocycles. The van der Waals surface area contributed by atoms with Gasteiger partial charge < -0.3 is 9.88 Å². The van der Waals surface area contributed by atoms with Gasteiger partial charge in [-0.2, -0.15) is 0 Å². The van der Waals surface area contributed by atoms with Crippen molar-refractivity contribution in [3.8, 4) is 0 Å². The molecule has 0 saturated heterocycles. The number of hydrogen-bond acceptors (Lipinski definition) is 2. The Morgan fingerprint density at radius 1 is 1.17 bits per heavy atom. The summed E-state index contributed by atoms with van der Waals surface area (Å²) in [6.07, 6.45) is 0. The van der Waals surface area contributed by atoms with E-state index in [0.29, 0.717) is 28.7 Å². The number of carbonyl (C=O) groups excluding carboxylic acids is 1. The first-order valence-electron chi connectivity index (χ1n) is 7.21. The number of benzene rings is 2. The van der Waals surface area contributed by atoms with Crippen molar-refractivity contribution in [2.24, 2.45) is 0 Å². The van der Waals surface area contributed by atoms with Crippen molar-refractivity contribution in [2.45, 2.75) is 13.5 Å². The Bertz CT molecular complexity index is 853. The van der Waals surface area contributed by atoms with E-state index in [1.165, 1.54) is 0 Å². The van der Waals surface area contributed by atoms with E-state index in [9.17, 15) is 4.79 Å². The largest absolute Gasteiger partial charge is 0.350 e. The molecule has 0 aliphatic rings. The van der Waals surface area contributed by atoms with Crippen molar-refractivity contribution < 1.29 is 4.79 Å². The second-order valence-corrected chi connectivity index (χ2v) is 6.09. The van der Waals surface area contributed by atoms with Crippen molar-refractivity contribution in [1.29, 1.82) is 0 Å². The van der Waals surface area contributed by atoms with Crippen LogP contribution in [-0.4, -0.2) is 22.0 Å². The lowest BCUT2D eigenvalue weighted by Crippen LogP contribution is -2.27. The first-order chi connectivity index (χ1) is 11.0. The number of aryl methyl sites for hydroxylation is 1. The van der Waals surface area contributed by atoms with Gasteiger partial charge in [-0.05, 0) is 37.3 Å². The highest BCUT2D eigenvalue weighted by atomic mass is 35.5. The number of carbonyl (C=O) groups is 1. The summed E-state index contributed by atoms with van der Waals surface area (Å²) in [6, 6.07) is 12.7. The fourth-order valence-electron chi connectivity index (χ4n) is 2.55. The number of aromatic nitrogens is 2. The summed E-state index contributed by atoms with van der Waals surface area (Å²) >= 11 is 11.8. The lowest BCUT2D eigenvalue weighted by atomic mass is 10.2. The van der Waals surface area contributed by atoms with Crippen LogP contribution in [0.1, 0.15) is 16.2 Å². The Kier molecular flexibility index (Phi) is 4.55. The van der Waals surface area contributed by atoms with Crippen LogP contribution in [0.15, 0.2) is 42.5 Å². The van der Waals surface area contributed by atoms with E-state index >= 15 is 0 Å². The highest BCUT2D eigenvalue weighted by Crippen LogP contribution is 2.19. The van der Waals surface area contributed by atoms with Crippen molar-refractivity contribution in [3.05, 3.63) is 63.9 Å². The standard InChI is InChI=1S/C17H15Cl2N3O/c1-11-21-15-4-2-3-5-16(15)22(11)7-6-20-17(23)12-8-13(18)10-14(19)9-12/h2-5,8-10H,6-7H2,1H3,(H,20,23). The summed E-state index contributed by atoms with van der Waals surface area (Å²) in [5.74, 6) is 0.725. The fourth-order valence-corrected chi connectivity index (χ4v) is 3.07. The van der Waals surface area contributed by atoms with Gasteiger partial charge in [0.25, 0.3) is 5.91 Å². The molecule has 0 spiro atoms. The smallest absolute Gasteiger partial charge is 0.251 e. The molecule has 4 nitrogen and oxygen atoms in total. The van der Waals surface area contributed by atoms with Crippen molar-refractivity contribution in [2.75, 3.05) is 6.54 Å². The normalized spacial score (nSPS) is 10.9. The Balaban J connectivity index is 1.69. The maximum absolute atomic E-state index is 12.2. The Morgan fingerprint density at radius 3 is 2.61 bits per heavy atom. The lowest BCUT2D eigenvalue weighted by Gasteiger charge is -2.09. The quantitative estimate of drug-likeness (QED) is 0.772. The Hall–Kier alpha value is -2.04. The van der Waals surface area contributed by atoms with Crippen LogP contribution in [0.3, 0.4) is 0 Å². The maximum Gasteiger partial charge on any atom is 0.251 e. The molecule has 2 aromatic carbocycles. The molecule has 0 unspecified atom stereocenters. The number of nitrogens with one attached hydrogen (secondary N) is 1. The van der Waals surface area contributed by atoms with Gasteiger partial charge in [0.1, 0.15) is 5.82 Å². The molecule has 1 amide bonds. The second kappa shape index (κ2) is 6.60. The van der Waals surface area contributed by atoms with Crippen LogP contribution in [0.2, 0.25) is 10.0 Å². The third-order valence-corrected chi connectivity index (χ3v) is 4.03. The SMILES string of the molecule is Cc1nc2ccccc2n1CCNC(=O)c1cc(Cl)cc(Cl)c1. The first kappa shape index (κ1) is 15.8. The molecule has 6 heteroatoms. The van der Waals surface area contributed by atoms with Gasteiger partial charge in [-0.25, -0.2) is 4.98 Å². The van der Waals surface area contributed by atoms with Crippen LogP contribution in [0.5, 0.6) is 0 Å². The molecule has 3 rings (SSSR count). The van der Waals surface area contributed by atoms with Gasteiger partial charge in [0.05, 0.1) is 11.0 Å². The van der Waals surface area contributed by atoms with E-state index in [1.54, 1.807) is 18.2 Å². The zero-order valence-electron chi connectivity index (χ0n) is 12.5. The minimum absolute atomic E-state index is 0.198. The molecule has 23 heavy (non-hydrogen) atoms. The predicted molar refractivity (Wildman–Crippen MR) is 93.3 cm³/mol. The van der Waals surface area contributed by atoms with Crippen molar-refractivity contribution >= 4 is 40.1 Å². The van der Waals surface area contributed by atoms with Crippen molar-refractivity contribution in [1.82, 2.24) is 14.9 Å². The predicted octanol–water partition coefficient (Wildman–Crippen LogP) is 4.08. The minimum Gasteiger partial charge on any atom is -0.350 e. The maximum atomic E-state index is 12.2. The topological polar surface area (TPSA) is 46.9 Å². The van der Waals surface area contributed by atoms with Crippen LogP contribution >= 0.6 is 23.2 Å². The molecule has 3 aromatic rings. The van der Waals surface area contributed by atoms with Gasteiger partial charge in [0.2, 0.25) is 0 Å². The summed E-state index contributed by atoms with van der Waals surface area (Å²) < 4.78 is 2.08. The molecule has 1 heterocycles. The highest BCUT2D eigenvalue weighted by Gasteiger charge is 2.09. The molecule has 0 bridgehead atoms. The summed E-state index contributed by atoms with van der Waals surface area (Å²) in [6.45, 7) is 3.09. The Labute approximate surface area is 144 Å². The third-order valence-electron chi connectivity index (χ3n) is 3.59. The molecule has 0 saturated carbocycles. The Morgan fingerprint density at radius 2 is 1.87 bits per heavy atom. The number of rotatable bonds is 4. The van der Waals surface area contributed by atoms with Crippen LogP contribution in [0.4, 0.5) is 0 Å². The van der Waals surface area contributed by atoms with Gasteiger partial charge in [-0.15, -0.1) is 0 Å². The van der Waals surface area contributed by atoms with E-state index in [4.69, 9.17) is 23.2 Å². The van der Waals surface area contributed by atoms with E-state index < -0.39 is 0 Å². The molecule has 118 valence electrons. The van der Waals surface area contributed by atoms with Crippen molar-refractivity contribution in [3.63, 3.8) is 0 Å². The van der Waals surface area contributed by atoms with Gasteiger partial charge in [0.15, 0.2) is 0 Å². The van der Waals surface area contributed by atoms with Crippen LogP contribution in [-0.2, 0) is 6.54 Å². The molecule has 0 aliphatic heterocycles. The van der Waals surface area contributed by atoms with E-state index in [1.807, 2.05) is 31.2 Å². The average molecular weight is 348 g/mol. The number of hydrogen-bond donors (Lipinski definition) is 1. The highest BCUT2D eigenvalue weighted by molar-refractivity contribution is 6.35. The van der Waals surface area contributed by atoms with Gasteiger partial charge in [0, 0.05) is 28.7 Å². The molecular weight excluding hydrogens is 333 g/mol. The number of imidazole rings is 1. The second-order valence-electron chi connectivity index (χ2n) is 5.21. The first-order valence-corrected chi connectivity index (χ1v) is 7.96.